The monoisotopic (exact) mass is 315 g/mol. The summed E-state index contributed by atoms with van der Waals surface area (Å²) >= 11 is 0. The highest BCUT2D eigenvalue weighted by molar-refractivity contribution is 5.74. The van der Waals surface area contributed by atoms with E-state index in [0.717, 1.165) is 30.0 Å². The maximum atomic E-state index is 12.2. The first-order valence-electron chi connectivity index (χ1n) is 7.79. The summed E-state index contributed by atoms with van der Waals surface area (Å²) in [5, 5.41) is 11.9. The van der Waals surface area contributed by atoms with Crippen molar-refractivity contribution < 1.29 is 9.90 Å². The molecular formula is C16H21N5O2. The summed E-state index contributed by atoms with van der Waals surface area (Å²) < 4.78 is 1.90. The first-order valence-corrected chi connectivity index (χ1v) is 7.79. The maximum Gasteiger partial charge on any atom is 0.317 e. The molecule has 0 saturated heterocycles. The molecule has 2 amide bonds. The van der Waals surface area contributed by atoms with Crippen LogP contribution in [0.3, 0.4) is 0 Å². The zero-order valence-corrected chi connectivity index (χ0v) is 13.1. The van der Waals surface area contributed by atoms with Crippen molar-refractivity contribution in [2.45, 2.75) is 32.4 Å². The van der Waals surface area contributed by atoms with Gasteiger partial charge < -0.3 is 15.3 Å². The molecule has 1 fully saturated rings. The fraction of sp³-hybridized carbons (Fsp3) is 0.438. The zero-order chi connectivity index (χ0) is 16.2. The van der Waals surface area contributed by atoms with Gasteiger partial charge in [0.2, 0.25) is 0 Å². The van der Waals surface area contributed by atoms with E-state index >= 15 is 0 Å². The highest BCUT2D eigenvalue weighted by atomic mass is 16.3. The van der Waals surface area contributed by atoms with Gasteiger partial charge in [-0.05, 0) is 31.4 Å². The Hall–Kier alpha value is -2.41. The van der Waals surface area contributed by atoms with Gasteiger partial charge in [0, 0.05) is 37.7 Å². The molecule has 1 aliphatic carbocycles. The number of aromatic nitrogens is 3. The number of rotatable bonds is 6. The second-order valence-electron chi connectivity index (χ2n) is 5.68. The fourth-order valence-corrected chi connectivity index (χ4v) is 2.51. The molecule has 2 N–H and O–H groups in total. The average Bonchev–Trinajstić information content (AvgIpc) is 3.32. The van der Waals surface area contributed by atoms with Gasteiger partial charge in [-0.1, -0.05) is 6.07 Å². The van der Waals surface area contributed by atoms with Gasteiger partial charge in [0.25, 0.3) is 0 Å². The Bertz CT molecular complexity index is 663. The zero-order valence-electron chi connectivity index (χ0n) is 13.1. The molecule has 0 unspecified atom stereocenters. The van der Waals surface area contributed by atoms with Crippen molar-refractivity contribution in [3.8, 4) is 5.82 Å². The summed E-state index contributed by atoms with van der Waals surface area (Å²) in [5.41, 5.74) is 0.930. The van der Waals surface area contributed by atoms with Crippen molar-refractivity contribution in [3.05, 3.63) is 42.1 Å². The van der Waals surface area contributed by atoms with Crippen molar-refractivity contribution in [2.75, 3.05) is 13.2 Å². The summed E-state index contributed by atoms with van der Waals surface area (Å²) in [7, 11) is 0. The average molecular weight is 315 g/mol. The standard InChI is InChI=1S/C16H21N5O2/c1-12-17-6-7-20(12)15-5-2-13(10-18-15)11-19-16(23)21(8-9-22)14-3-4-14/h2,5-7,10,14,22H,3-4,8-9,11H2,1H3,(H,19,23). The number of nitrogens with one attached hydrogen (secondary N) is 1. The second-order valence-corrected chi connectivity index (χ2v) is 5.68. The Kier molecular flexibility index (Phi) is 4.57. The largest absolute Gasteiger partial charge is 0.395 e. The molecule has 1 aliphatic rings. The highest BCUT2D eigenvalue weighted by Crippen LogP contribution is 2.26. The third-order valence-corrected chi connectivity index (χ3v) is 3.91. The van der Waals surface area contributed by atoms with Gasteiger partial charge in [0.05, 0.1) is 6.61 Å². The first kappa shape index (κ1) is 15.5. The number of carbonyl (C=O) groups excluding carboxylic acids is 1. The van der Waals surface area contributed by atoms with Gasteiger partial charge in [-0.3, -0.25) is 4.57 Å². The number of hydrogen-bond acceptors (Lipinski definition) is 4. The summed E-state index contributed by atoms with van der Waals surface area (Å²) in [6.07, 6.45) is 7.39. The Morgan fingerprint density at radius 1 is 1.43 bits per heavy atom. The van der Waals surface area contributed by atoms with E-state index in [2.05, 4.69) is 15.3 Å². The SMILES string of the molecule is Cc1nccn1-c1ccc(CNC(=O)N(CCO)C2CC2)cn1. The minimum atomic E-state index is -0.129. The van der Waals surface area contributed by atoms with Gasteiger partial charge in [-0.15, -0.1) is 0 Å². The van der Waals surface area contributed by atoms with Gasteiger partial charge in [-0.25, -0.2) is 14.8 Å². The fourth-order valence-electron chi connectivity index (χ4n) is 2.51. The van der Waals surface area contributed by atoms with E-state index in [4.69, 9.17) is 5.11 Å². The molecule has 2 heterocycles. The Morgan fingerprint density at radius 2 is 2.26 bits per heavy atom. The minimum Gasteiger partial charge on any atom is -0.395 e. The molecule has 0 spiro atoms. The first-order chi connectivity index (χ1) is 11.2. The molecule has 122 valence electrons. The topological polar surface area (TPSA) is 83.3 Å². The normalized spacial score (nSPS) is 13.8. The van der Waals surface area contributed by atoms with E-state index in [1.807, 2.05) is 29.8 Å². The van der Waals surface area contributed by atoms with Crippen LogP contribution in [0.25, 0.3) is 5.82 Å². The third kappa shape index (κ3) is 3.68. The number of imidazole rings is 1. The van der Waals surface area contributed by atoms with Gasteiger partial charge in [0.15, 0.2) is 0 Å². The van der Waals surface area contributed by atoms with Crippen molar-refractivity contribution >= 4 is 6.03 Å². The number of aliphatic hydroxyl groups excluding tert-OH is 1. The smallest absolute Gasteiger partial charge is 0.317 e. The Morgan fingerprint density at radius 3 is 2.83 bits per heavy atom. The minimum absolute atomic E-state index is 0.00949. The maximum absolute atomic E-state index is 12.2. The van der Waals surface area contributed by atoms with Gasteiger partial charge in [0.1, 0.15) is 11.6 Å². The molecule has 0 radical (unpaired) electrons. The van der Waals surface area contributed by atoms with Crippen LogP contribution < -0.4 is 5.32 Å². The highest BCUT2D eigenvalue weighted by Gasteiger charge is 2.31. The number of nitrogens with zero attached hydrogens (tertiary/aromatic N) is 4. The Balaban J connectivity index is 1.58. The van der Waals surface area contributed by atoms with Crippen LogP contribution in [-0.2, 0) is 6.54 Å². The van der Waals surface area contributed by atoms with E-state index < -0.39 is 0 Å². The molecular weight excluding hydrogens is 294 g/mol. The van der Waals surface area contributed by atoms with Crippen molar-refractivity contribution in [3.63, 3.8) is 0 Å². The lowest BCUT2D eigenvalue weighted by atomic mass is 10.3. The lowest BCUT2D eigenvalue weighted by Gasteiger charge is -2.21. The number of carbonyl (C=O) groups is 1. The van der Waals surface area contributed by atoms with Crippen molar-refractivity contribution in [2.24, 2.45) is 0 Å². The molecule has 7 nitrogen and oxygen atoms in total. The number of hydrogen-bond donors (Lipinski definition) is 2. The molecule has 2 aromatic rings. The number of pyridine rings is 1. The van der Waals surface area contributed by atoms with Crippen LogP contribution in [0.2, 0.25) is 0 Å². The molecule has 7 heteroatoms. The van der Waals surface area contributed by atoms with Gasteiger partial charge in [-0.2, -0.15) is 0 Å². The van der Waals surface area contributed by atoms with Crippen LogP contribution in [0.15, 0.2) is 30.7 Å². The van der Waals surface area contributed by atoms with Gasteiger partial charge >= 0.3 is 6.03 Å². The van der Waals surface area contributed by atoms with E-state index in [-0.39, 0.29) is 18.7 Å². The summed E-state index contributed by atoms with van der Waals surface area (Å²) in [6.45, 7) is 2.71. The van der Waals surface area contributed by atoms with Crippen LogP contribution in [-0.4, -0.2) is 49.8 Å². The predicted octanol–water partition coefficient (Wildman–Crippen LogP) is 1.24. The number of aliphatic hydroxyl groups is 1. The number of aryl methyl sites for hydroxylation is 1. The van der Waals surface area contributed by atoms with Crippen LogP contribution >= 0.6 is 0 Å². The number of urea groups is 1. The molecule has 0 aromatic carbocycles. The van der Waals surface area contributed by atoms with E-state index in [9.17, 15) is 4.79 Å². The van der Waals surface area contributed by atoms with Crippen molar-refractivity contribution in [1.82, 2.24) is 24.8 Å². The molecule has 0 bridgehead atoms. The Labute approximate surface area is 135 Å². The molecule has 0 aliphatic heterocycles. The van der Waals surface area contributed by atoms with E-state index in [0.29, 0.717) is 13.1 Å². The third-order valence-electron chi connectivity index (χ3n) is 3.91. The summed E-state index contributed by atoms with van der Waals surface area (Å²) in [5.74, 6) is 1.68. The predicted molar refractivity (Wildman–Crippen MR) is 85.1 cm³/mol. The number of amides is 2. The molecule has 0 atom stereocenters. The lowest BCUT2D eigenvalue weighted by Crippen LogP contribution is -2.42. The van der Waals surface area contributed by atoms with Crippen LogP contribution in [0, 0.1) is 6.92 Å². The summed E-state index contributed by atoms with van der Waals surface area (Å²) in [6, 6.07) is 4.00. The van der Waals surface area contributed by atoms with Crippen LogP contribution in [0.4, 0.5) is 4.79 Å². The molecule has 2 aromatic heterocycles. The van der Waals surface area contributed by atoms with E-state index in [1.165, 1.54) is 0 Å². The quantitative estimate of drug-likeness (QED) is 0.840. The second kappa shape index (κ2) is 6.78. The lowest BCUT2D eigenvalue weighted by molar-refractivity contribution is 0.173. The van der Waals surface area contributed by atoms with Crippen LogP contribution in [0.1, 0.15) is 24.2 Å². The molecule has 3 rings (SSSR count). The van der Waals surface area contributed by atoms with Crippen molar-refractivity contribution in [1.29, 1.82) is 0 Å². The molecule has 1 saturated carbocycles. The summed E-state index contributed by atoms with van der Waals surface area (Å²) in [4.78, 5) is 22.4. The van der Waals surface area contributed by atoms with E-state index in [1.54, 1.807) is 17.3 Å². The molecule has 23 heavy (non-hydrogen) atoms. The van der Waals surface area contributed by atoms with Crippen LogP contribution in [0.5, 0.6) is 0 Å².